The predicted molar refractivity (Wildman–Crippen MR) is 83.2 cm³/mol. The number of nitrogens with one attached hydrogen (secondary N) is 1. The number of ether oxygens (including phenoxy) is 1. The number of carbonyl (C=O) groups excluding carboxylic acids is 1. The number of alkyl halides is 1. The van der Waals surface area contributed by atoms with E-state index in [0.29, 0.717) is 17.9 Å². The number of benzene rings is 2. The Morgan fingerprint density at radius 2 is 1.90 bits per heavy atom. The van der Waals surface area contributed by atoms with E-state index in [1.807, 2.05) is 30.3 Å². The molecule has 0 atom stereocenters. The second-order valence-corrected chi connectivity index (χ2v) is 4.90. The summed E-state index contributed by atoms with van der Waals surface area (Å²) < 4.78 is 5.19. The van der Waals surface area contributed by atoms with Gasteiger partial charge in [0.25, 0.3) is 5.91 Å². The molecule has 3 nitrogen and oxygen atoms in total. The summed E-state index contributed by atoms with van der Waals surface area (Å²) in [5.41, 5.74) is 2.81. The van der Waals surface area contributed by atoms with Crippen LogP contribution in [0.2, 0.25) is 0 Å². The first-order valence-corrected chi connectivity index (χ1v) is 7.41. The van der Waals surface area contributed by atoms with E-state index >= 15 is 0 Å². The van der Waals surface area contributed by atoms with Crippen molar-refractivity contribution in [2.24, 2.45) is 0 Å². The minimum Gasteiger partial charge on any atom is -0.496 e. The van der Waals surface area contributed by atoms with E-state index in [9.17, 15) is 4.79 Å². The van der Waals surface area contributed by atoms with Crippen molar-refractivity contribution in [1.82, 2.24) is 5.32 Å². The van der Waals surface area contributed by atoms with E-state index in [4.69, 9.17) is 4.74 Å². The van der Waals surface area contributed by atoms with Gasteiger partial charge in [0.05, 0.1) is 12.7 Å². The zero-order valence-corrected chi connectivity index (χ0v) is 12.8. The van der Waals surface area contributed by atoms with Crippen LogP contribution in [0.3, 0.4) is 0 Å². The van der Waals surface area contributed by atoms with Crippen molar-refractivity contribution < 1.29 is 9.53 Å². The Morgan fingerprint density at radius 3 is 2.65 bits per heavy atom. The first-order valence-electron chi connectivity index (χ1n) is 6.29. The van der Waals surface area contributed by atoms with E-state index in [2.05, 4.69) is 27.3 Å². The summed E-state index contributed by atoms with van der Waals surface area (Å²) in [5.74, 6) is 0.450. The Kier molecular flexibility index (Phi) is 5.18. The van der Waals surface area contributed by atoms with Gasteiger partial charge in [0.15, 0.2) is 0 Å². The molecule has 0 aliphatic heterocycles. The minimum atomic E-state index is -0.133. The summed E-state index contributed by atoms with van der Waals surface area (Å²) in [5, 5.41) is 3.71. The number of methoxy groups -OCH3 is 1. The van der Waals surface area contributed by atoms with Crippen LogP contribution in [0, 0.1) is 0 Å². The van der Waals surface area contributed by atoms with Crippen molar-refractivity contribution in [1.29, 1.82) is 0 Å². The molecule has 4 heteroatoms. The third-order valence-corrected chi connectivity index (χ3v) is 3.60. The van der Waals surface area contributed by atoms with Crippen LogP contribution in [0.4, 0.5) is 0 Å². The van der Waals surface area contributed by atoms with Crippen LogP contribution in [0.25, 0.3) is 0 Å². The van der Waals surface area contributed by atoms with Gasteiger partial charge in [-0.15, -0.1) is 0 Å². The topological polar surface area (TPSA) is 38.3 Å². The lowest BCUT2D eigenvalue weighted by Gasteiger charge is -2.09. The van der Waals surface area contributed by atoms with Crippen LogP contribution in [-0.4, -0.2) is 13.0 Å². The highest BCUT2D eigenvalue weighted by Crippen LogP contribution is 2.17. The number of rotatable bonds is 5. The highest BCUT2D eigenvalue weighted by atomic mass is 79.9. The fourth-order valence-electron chi connectivity index (χ4n) is 1.93. The molecule has 20 heavy (non-hydrogen) atoms. The van der Waals surface area contributed by atoms with Crippen LogP contribution in [0.5, 0.6) is 5.75 Å². The van der Waals surface area contributed by atoms with E-state index in [0.717, 1.165) is 10.9 Å². The van der Waals surface area contributed by atoms with E-state index < -0.39 is 0 Å². The van der Waals surface area contributed by atoms with Crippen molar-refractivity contribution in [3.8, 4) is 5.75 Å². The highest BCUT2D eigenvalue weighted by Gasteiger charge is 2.10. The van der Waals surface area contributed by atoms with E-state index in [1.165, 1.54) is 5.56 Å². The number of halogens is 1. The van der Waals surface area contributed by atoms with E-state index in [1.54, 1.807) is 19.2 Å². The van der Waals surface area contributed by atoms with Crippen LogP contribution >= 0.6 is 15.9 Å². The predicted octanol–water partition coefficient (Wildman–Crippen LogP) is 3.52. The largest absolute Gasteiger partial charge is 0.496 e. The Hall–Kier alpha value is -1.81. The molecule has 0 radical (unpaired) electrons. The minimum absolute atomic E-state index is 0.133. The van der Waals surface area contributed by atoms with Gasteiger partial charge >= 0.3 is 0 Å². The first kappa shape index (κ1) is 14.6. The lowest BCUT2D eigenvalue weighted by atomic mass is 10.1. The molecule has 2 rings (SSSR count). The summed E-state index contributed by atoms with van der Waals surface area (Å²) in [6.45, 7) is 0.498. The fourth-order valence-corrected chi connectivity index (χ4v) is 2.28. The molecule has 0 bridgehead atoms. The molecular formula is C16H16BrNO2. The normalized spacial score (nSPS) is 10.1. The summed E-state index contributed by atoms with van der Waals surface area (Å²) in [6, 6.07) is 15.3. The van der Waals surface area contributed by atoms with Gasteiger partial charge < -0.3 is 10.1 Å². The highest BCUT2D eigenvalue weighted by molar-refractivity contribution is 9.08. The summed E-state index contributed by atoms with van der Waals surface area (Å²) in [4.78, 5) is 12.2. The van der Waals surface area contributed by atoms with Gasteiger partial charge in [-0.2, -0.15) is 0 Å². The molecule has 1 amide bonds. The molecule has 0 fully saturated rings. The van der Waals surface area contributed by atoms with Gasteiger partial charge in [0.2, 0.25) is 0 Å². The molecule has 0 unspecified atom stereocenters. The van der Waals surface area contributed by atoms with Crippen LogP contribution < -0.4 is 10.1 Å². The molecule has 0 spiro atoms. The molecule has 2 aromatic rings. The maximum atomic E-state index is 12.2. The van der Waals surface area contributed by atoms with Crippen LogP contribution in [-0.2, 0) is 11.9 Å². The average Bonchev–Trinajstić information content (AvgIpc) is 2.52. The zero-order valence-electron chi connectivity index (χ0n) is 11.2. The molecule has 2 aromatic carbocycles. The lowest BCUT2D eigenvalue weighted by molar-refractivity contribution is 0.0948. The second kappa shape index (κ2) is 7.10. The van der Waals surface area contributed by atoms with Gasteiger partial charge in [-0.25, -0.2) is 0 Å². The van der Waals surface area contributed by atoms with Crippen molar-refractivity contribution in [3.63, 3.8) is 0 Å². The van der Waals surface area contributed by atoms with E-state index in [-0.39, 0.29) is 5.91 Å². The quantitative estimate of drug-likeness (QED) is 0.850. The molecule has 0 aromatic heterocycles. The van der Waals surface area contributed by atoms with Crippen LogP contribution in [0.1, 0.15) is 21.5 Å². The molecule has 0 saturated heterocycles. The Bertz CT molecular complexity index is 599. The van der Waals surface area contributed by atoms with Crippen molar-refractivity contribution in [3.05, 3.63) is 65.2 Å². The fraction of sp³-hybridized carbons (Fsp3) is 0.188. The van der Waals surface area contributed by atoms with Gasteiger partial charge in [-0.3, -0.25) is 4.79 Å². The molecular weight excluding hydrogens is 318 g/mol. The third kappa shape index (κ3) is 3.61. The number of para-hydroxylation sites is 1. The van der Waals surface area contributed by atoms with Crippen LogP contribution in [0.15, 0.2) is 48.5 Å². The number of amides is 1. The smallest absolute Gasteiger partial charge is 0.255 e. The van der Waals surface area contributed by atoms with Gasteiger partial charge in [-0.1, -0.05) is 52.3 Å². The molecule has 0 aliphatic carbocycles. The Balaban J connectivity index is 2.04. The first-order chi connectivity index (χ1) is 9.74. The van der Waals surface area contributed by atoms with Gasteiger partial charge in [-0.05, 0) is 23.3 Å². The van der Waals surface area contributed by atoms with Gasteiger partial charge in [0, 0.05) is 11.9 Å². The van der Waals surface area contributed by atoms with Crippen molar-refractivity contribution >= 4 is 21.8 Å². The maximum Gasteiger partial charge on any atom is 0.255 e. The third-order valence-electron chi connectivity index (χ3n) is 2.95. The summed E-state index contributed by atoms with van der Waals surface area (Å²) in [6.07, 6.45) is 0. The number of hydrogen-bond acceptors (Lipinski definition) is 2. The van der Waals surface area contributed by atoms with Gasteiger partial charge in [0.1, 0.15) is 5.75 Å². The van der Waals surface area contributed by atoms with Crippen molar-refractivity contribution in [2.45, 2.75) is 11.9 Å². The maximum absolute atomic E-state index is 12.2. The second-order valence-electron chi connectivity index (χ2n) is 4.34. The Morgan fingerprint density at radius 1 is 1.15 bits per heavy atom. The Labute approximate surface area is 127 Å². The molecule has 1 N–H and O–H groups in total. The standard InChI is InChI=1S/C16H16BrNO2/c1-20-15-8-3-2-7-14(15)16(19)18-11-13-6-4-5-12(9-13)10-17/h2-9H,10-11H2,1H3,(H,18,19). The SMILES string of the molecule is COc1ccccc1C(=O)NCc1cccc(CBr)c1. The average molecular weight is 334 g/mol. The van der Waals surface area contributed by atoms with Crippen molar-refractivity contribution in [2.75, 3.05) is 7.11 Å². The number of carbonyl (C=O) groups is 1. The zero-order chi connectivity index (χ0) is 14.4. The summed E-state index contributed by atoms with van der Waals surface area (Å²) >= 11 is 3.42. The number of hydrogen-bond donors (Lipinski definition) is 1. The lowest BCUT2D eigenvalue weighted by Crippen LogP contribution is -2.23. The summed E-state index contributed by atoms with van der Waals surface area (Å²) in [7, 11) is 1.56. The molecule has 0 heterocycles. The molecule has 0 aliphatic rings. The molecule has 0 saturated carbocycles. The molecule has 104 valence electrons. The monoisotopic (exact) mass is 333 g/mol.